The van der Waals surface area contributed by atoms with Crippen LogP contribution in [0.15, 0.2) is 42.5 Å². The Morgan fingerprint density at radius 3 is 2.38 bits per heavy atom. The molecule has 4 nitrogen and oxygen atoms in total. The van der Waals surface area contributed by atoms with E-state index in [4.69, 9.17) is 0 Å². The molecule has 0 saturated heterocycles. The van der Waals surface area contributed by atoms with Gasteiger partial charge in [-0.1, -0.05) is 31.9 Å². The predicted molar refractivity (Wildman–Crippen MR) is 97.0 cm³/mol. The Labute approximate surface area is 151 Å². The van der Waals surface area contributed by atoms with Crippen LogP contribution in [-0.4, -0.2) is 18.4 Å². The maximum atomic E-state index is 13.5. The molecule has 0 aliphatic carbocycles. The number of unbranched alkanes of at least 4 members (excludes halogenated alkanes) is 2. The molecule has 2 aromatic rings. The first-order chi connectivity index (χ1) is 12.5. The number of benzene rings is 2. The quantitative estimate of drug-likeness (QED) is 0.698. The Morgan fingerprint density at radius 1 is 1.00 bits per heavy atom. The van der Waals surface area contributed by atoms with Gasteiger partial charge in [-0.3, -0.25) is 9.59 Å². The number of carbonyl (C=O) groups excluding carboxylic acids is 2. The van der Waals surface area contributed by atoms with E-state index in [2.05, 4.69) is 17.6 Å². The van der Waals surface area contributed by atoms with Crippen LogP contribution in [0, 0.1) is 11.6 Å². The third-order valence-corrected chi connectivity index (χ3v) is 3.89. The highest BCUT2D eigenvalue weighted by Gasteiger charge is 2.13. The molecule has 0 aromatic heterocycles. The van der Waals surface area contributed by atoms with Gasteiger partial charge in [-0.2, -0.15) is 0 Å². The number of halogens is 2. The molecule has 6 heteroatoms. The van der Waals surface area contributed by atoms with Gasteiger partial charge in [-0.05, 0) is 42.7 Å². The van der Waals surface area contributed by atoms with Crippen molar-refractivity contribution in [1.29, 1.82) is 0 Å². The van der Waals surface area contributed by atoms with Gasteiger partial charge in [0.25, 0.3) is 5.91 Å². The molecule has 2 amide bonds. The molecule has 2 rings (SSSR count). The first-order valence-corrected chi connectivity index (χ1v) is 8.61. The van der Waals surface area contributed by atoms with Gasteiger partial charge in [-0.25, -0.2) is 8.78 Å². The largest absolute Gasteiger partial charge is 0.343 e. The SMILES string of the molecule is CCCCCc1ccc(NC(=O)CNC(=O)c2ccc(F)cc2F)cc1. The van der Waals surface area contributed by atoms with Crippen LogP contribution in [-0.2, 0) is 11.2 Å². The summed E-state index contributed by atoms with van der Waals surface area (Å²) in [6, 6.07) is 10.2. The summed E-state index contributed by atoms with van der Waals surface area (Å²) in [4.78, 5) is 23.8. The number of carbonyl (C=O) groups is 2. The molecule has 0 atom stereocenters. The van der Waals surface area contributed by atoms with E-state index in [1.165, 1.54) is 18.4 Å². The maximum Gasteiger partial charge on any atom is 0.254 e. The summed E-state index contributed by atoms with van der Waals surface area (Å²) >= 11 is 0. The Hall–Kier alpha value is -2.76. The molecular weight excluding hydrogens is 338 g/mol. The Morgan fingerprint density at radius 2 is 1.73 bits per heavy atom. The first-order valence-electron chi connectivity index (χ1n) is 8.61. The van der Waals surface area contributed by atoms with Gasteiger partial charge in [0, 0.05) is 11.8 Å². The van der Waals surface area contributed by atoms with Crippen LogP contribution in [0.1, 0.15) is 42.1 Å². The fourth-order valence-electron chi connectivity index (χ4n) is 2.47. The number of rotatable bonds is 8. The third kappa shape index (κ3) is 5.95. The molecule has 26 heavy (non-hydrogen) atoms. The highest BCUT2D eigenvalue weighted by molar-refractivity contribution is 5.99. The zero-order valence-corrected chi connectivity index (χ0v) is 14.6. The highest BCUT2D eigenvalue weighted by Crippen LogP contribution is 2.12. The summed E-state index contributed by atoms with van der Waals surface area (Å²) in [6.07, 6.45) is 4.49. The minimum absolute atomic E-state index is 0.310. The van der Waals surface area contributed by atoms with Gasteiger partial charge in [0.05, 0.1) is 12.1 Å². The minimum atomic E-state index is -0.971. The van der Waals surface area contributed by atoms with Crippen molar-refractivity contribution >= 4 is 17.5 Å². The van der Waals surface area contributed by atoms with E-state index in [1.54, 1.807) is 12.1 Å². The van der Waals surface area contributed by atoms with Crippen LogP contribution >= 0.6 is 0 Å². The second kappa shape index (κ2) is 9.65. The molecule has 0 saturated carbocycles. The van der Waals surface area contributed by atoms with Crippen molar-refractivity contribution in [3.63, 3.8) is 0 Å². The van der Waals surface area contributed by atoms with Crippen LogP contribution in [0.2, 0.25) is 0 Å². The van der Waals surface area contributed by atoms with E-state index >= 15 is 0 Å². The smallest absolute Gasteiger partial charge is 0.254 e. The van der Waals surface area contributed by atoms with E-state index in [0.29, 0.717) is 11.8 Å². The molecular formula is C20H22F2N2O2. The Bertz CT molecular complexity index is 761. The average Bonchev–Trinajstić information content (AvgIpc) is 2.61. The van der Waals surface area contributed by atoms with Gasteiger partial charge in [0.2, 0.25) is 5.91 Å². The second-order valence-electron chi connectivity index (χ2n) is 6.01. The van der Waals surface area contributed by atoms with Crippen molar-refractivity contribution in [2.45, 2.75) is 32.6 Å². The summed E-state index contributed by atoms with van der Waals surface area (Å²) in [6.45, 7) is 1.84. The van der Waals surface area contributed by atoms with Gasteiger partial charge < -0.3 is 10.6 Å². The van der Waals surface area contributed by atoms with Gasteiger partial charge in [0.15, 0.2) is 0 Å². The maximum absolute atomic E-state index is 13.5. The van der Waals surface area contributed by atoms with Crippen molar-refractivity contribution < 1.29 is 18.4 Å². The number of hydrogen-bond acceptors (Lipinski definition) is 2. The lowest BCUT2D eigenvalue weighted by Gasteiger charge is -2.08. The lowest BCUT2D eigenvalue weighted by molar-refractivity contribution is -0.115. The summed E-state index contributed by atoms with van der Waals surface area (Å²) in [5, 5.41) is 4.97. The average molecular weight is 360 g/mol. The number of amides is 2. The van der Waals surface area contributed by atoms with E-state index in [1.807, 2.05) is 12.1 Å². The van der Waals surface area contributed by atoms with Gasteiger partial charge in [0.1, 0.15) is 11.6 Å². The molecule has 0 bridgehead atoms. The summed E-state index contributed by atoms with van der Waals surface area (Å²) in [7, 11) is 0. The number of hydrogen-bond donors (Lipinski definition) is 2. The minimum Gasteiger partial charge on any atom is -0.343 e. The summed E-state index contributed by atoms with van der Waals surface area (Å²) < 4.78 is 26.4. The molecule has 138 valence electrons. The number of aryl methyl sites for hydroxylation is 1. The van der Waals surface area contributed by atoms with E-state index in [9.17, 15) is 18.4 Å². The van der Waals surface area contributed by atoms with E-state index in [-0.39, 0.29) is 12.1 Å². The molecule has 0 fully saturated rings. The van der Waals surface area contributed by atoms with Crippen molar-refractivity contribution in [1.82, 2.24) is 5.32 Å². The zero-order chi connectivity index (χ0) is 18.9. The highest BCUT2D eigenvalue weighted by atomic mass is 19.1. The van der Waals surface area contributed by atoms with E-state index < -0.39 is 23.4 Å². The Kier molecular flexibility index (Phi) is 7.26. The monoisotopic (exact) mass is 360 g/mol. The van der Waals surface area contributed by atoms with Crippen molar-refractivity contribution in [2.75, 3.05) is 11.9 Å². The molecule has 0 radical (unpaired) electrons. The first kappa shape index (κ1) is 19.6. The van der Waals surface area contributed by atoms with Crippen molar-refractivity contribution in [3.05, 3.63) is 65.2 Å². The van der Waals surface area contributed by atoms with Crippen molar-refractivity contribution in [2.24, 2.45) is 0 Å². The third-order valence-electron chi connectivity index (χ3n) is 3.89. The standard InChI is InChI=1S/C20H22F2N2O2/c1-2-3-4-5-14-6-9-16(10-7-14)24-19(25)13-23-20(26)17-11-8-15(21)12-18(17)22/h6-12H,2-5,13H2,1H3,(H,23,26)(H,24,25). The van der Waals surface area contributed by atoms with Crippen molar-refractivity contribution in [3.8, 4) is 0 Å². The summed E-state index contributed by atoms with van der Waals surface area (Å²) in [5.41, 5.74) is 1.52. The fourth-order valence-corrected chi connectivity index (χ4v) is 2.47. The lowest BCUT2D eigenvalue weighted by Crippen LogP contribution is -2.33. The van der Waals surface area contributed by atoms with Crippen LogP contribution in [0.5, 0.6) is 0 Å². The number of nitrogens with one attached hydrogen (secondary N) is 2. The van der Waals surface area contributed by atoms with Crippen LogP contribution in [0.3, 0.4) is 0 Å². The normalized spacial score (nSPS) is 10.4. The Balaban J connectivity index is 1.82. The zero-order valence-electron chi connectivity index (χ0n) is 14.6. The molecule has 2 N–H and O–H groups in total. The molecule has 0 spiro atoms. The fraction of sp³-hybridized carbons (Fsp3) is 0.300. The molecule has 0 heterocycles. The molecule has 0 aliphatic heterocycles. The van der Waals surface area contributed by atoms with Gasteiger partial charge >= 0.3 is 0 Å². The van der Waals surface area contributed by atoms with Crippen LogP contribution < -0.4 is 10.6 Å². The second-order valence-corrected chi connectivity index (χ2v) is 6.01. The van der Waals surface area contributed by atoms with Gasteiger partial charge in [-0.15, -0.1) is 0 Å². The van der Waals surface area contributed by atoms with Crippen LogP contribution in [0.25, 0.3) is 0 Å². The number of anilines is 1. The van der Waals surface area contributed by atoms with Crippen LogP contribution in [0.4, 0.5) is 14.5 Å². The molecule has 2 aromatic carbocycles. The predicted octanol–water partition coefficient (Wildman–Crippen LogP) is 4.07. The summed E-state index contributed by atoms with van der Waals surface area (Å²) in [5.74, 6) is -2.94. The topological polar surface area (TPSA) is 58.2 Å². The molecule has 0 aliphatic rings. The molecule has 0 unspecified atom stereocenters. The van der Waals surface area contributed by atoms with E-state index in [0.717, 1.165) is 25.0 Å². The lowest BCUT2D eigenvalue weighted by atomic mass is 10.1.